The Hall–Kier alpha value is -1.32. The van der Waals surface area contributed by atoms with Crippen molar-refractivity contribution < 1.29 is 0 Å². The second kappa shape index (κ2) is 4.90. The molecule has 4 nitrogen and oxygen atoms in total. The molecule has 1 aromatic heterocycles. The molecule has 0 radical (unpaired) electrons. The van der Waals surface area contributed by atoms with Crippen LogP contribution in [0.2, 0.25) is 0 Å². The van der Waals surface area contributed by atoms with Crippen LogP contribution in [0, 0.1) is 12.8 Å². The Bertz CT molecular complexity index is 385. The molecule has 0 saturated heterocycles. The molecule has 0 unspecified atom stereocenters. The number of nitrogens with two attached hydrogens (primary N) is 1. The minimum atomic E-state index is 0.376. The highest BCUT2D eigenvalue weighted by Gasteiger charge is 2.30. The van der Waals surface area contributed by atoms with E-state index in [9.17, 15) is 0 Å². The highest BCUT2D eigenvalue weighted by molar-refractivity contribution is 5.49. The van der Waals surface area contributed by atoms with Gasteiger partial charge in [-0.3, -0.25) is 0 Å². The monoisotopic (exact) mass is 234 g/mol. The minimum Gasteiger partial charge on any atom is -0.368 e. The molecule has 1 fully saturated rings. The van der Waals surface area contributed by atoms with Gasteiger partial charge in [0, 0.05) is 24.3 Å². The molecule has 17 heavy (non-hydrogen) atoms. The predicted molar refractivity (Wildman–Crippen MR) is 71.0 cm³/mol. The van der Waals surface area contributed by atoms with E-state index in [0.717, 1.165) is 23.8 Å². The van der Waals surface area contributed by atoms with Crippen LogP contribution in [0.4, 0.5) is 11.8 Å². The molecule has 0 bridgehead atoms. The first-order chi connectivity index (χ1) is 8.08. The van der Waals surface area contributed by atoms with Gasteiger partial charge in [0.05, 0.1) is 0 Å². The summed E-state index contributed by atoms with van der Waals surface area (Å²) in [5.74, 6) is 2.12. The van der Waals surface area contributed by atoms with Crippen LogP contribution in [0.3, 0.4) is 0 Å². The molecular weight excluding hydrogens is 212 g/mol. The lowest BCUT2D eigenvalue weighted by Crippen LogP contribution is -2.29. The highest BCUT2D eigenvalue weighted by Crippen LogP contribution is 2.32. The topological polar surface area (TPSA) is 55.0 Å². The molecule has 0 aliphatic heterocycles. The van der Waals surface area contributed by atoms with Crippen molar-refractivity contribution in [2.75, 3.05) is 17.2 Å². The highest BCUT2D eigenvalue weighted by atomic mass is 15.2. The van der Waals surface area contributed by atoms with Crippen LogP contribution >= 0.6 is 0 Å². The van der Waals surface area contributed by atoms with Gasteiger partial charge in [-0.1, -0.05) is 13.8 Å². The van der Waals surface area contributed by atoms with Gasteiger partial charge < -0.3 is 10.6 Å². The van der Waals surface area contributed by atoms with E-state index in [4.69, 9.17) is 5.73 Å². The van der Waals surface area contributed by atoms with Crippen molar-refractivity contribution in [1.29, 1.82) is 0 Å². The molecule has 1 heterocycles. The van der Waals surface area contributed by atoms with Crippen LogP contribution in [0.1, 0.15) is 38.7 Å². The lowest BCUT2D eigenvalue weighted by atomic mass is 10.1. The van der Waals surface area contributed by atoms with Crippen LogP contribution in [0.5, 0.6) is 0 Å². The van der Waals surface area contributed by atoms with Gasteiger partial charge in [-0.2, -0.15) is 4.98 Å². The van der Waals surface area contributed by atoms with Crippen LogP contribution in [-0.4, -0.2) is 22.6 Å². The normalized spacial score (nSPS) is 15.3. The minimum absolute atomic E-state index is 0.376. The summed E-state index contributed by atoms with van der Waals surface area (Å²) in [5.41, 5.74) is 6.81. The SMILES string of the molecule is Cc1cnc(N)nc1N(CCC(C)C)C1CC1. The summed E-state index contributed by atoms with van der Waals surface area (Å²) in [7, 11) is 0. The van der Waals surface area contributed by atoms with E-state index in [1.54, 1.807) is 0 Å². The first kappa shape index (κ1) is 12.1. The molecule has 4 heteroatoms. The van der Waals surface area contributed by atoms with Crippen molar-refractivity contribution in [2.45, 2.75) is 46.1 Å². The molecule has 1 aromatic rings. The van der Waals surface area contributed by atoms with E-state index in [2.05, 4.69) is 35.6 Å². The zero-order valence-corrected chi connectivity index (χ0v) is 11.0. The summed E-state index contributed by atoms with van der Waals surface area (Å²) in [5, 5.41) is 0. The Kier molecular flexibility index (Phi) is 3.50. The molecule has 0 atom stereocenters. The first-order valence-corrected chi connectivity index (χ1v) is 6.43. The van der Waals surface area contributed by atoms with Gasteiger partial charge in [-0.05, 0) is 32.1 Å². The average molecular weight is 234 g/mol. The lowest BCUT2D eigenvalue weighted by molar-refractivity contribution is 0.568. The third kappa shape index (κ3) is 3.08. The Morgan fingerprint density at radius 2 is 2.18 bits per heavy atom. The number of hydrogen-bond acceptors (Lipinski definition) is 4. The van der Waals surface area contributed by atoms with Crippen LogP contribution in [0.15, 0.2) is 6.20 Å². The summed E-state index contributed by atoms with van der Waals surface area (Å²) >= 11 is 0. The number of nitrogen functional groups attached to an aromatic ring is 1. The van der Waals surface area contributed by atoms with E-state index >= 15 is 0 Å². The summed E-state index contributed by atoms with van der Waals surface area (Å²) in [6.07, 6.45) is 5.57. The number of aromatic nitrogens is 2. The Morgan fingerprint density at radius 3 is 2.76 bits per heavy atom. The number of aryl methyl sites for hydroxylation is 1. The molecule has 0 amide bonds. The number of nitrogens with zero attached hydrogens (tertiary/aromatic N) is 3. The van der Waals surface area contributed by atoms with Crippen molar-refractivity contribution in [3.05, 3.63) is 11.8 Å². The van der Waals surface area contributed by atoms with Gasteiger partial charge in [-0.15, -0.1) is 0 Å². The number of hydrogen-bond donors (Lipinski definition) is 1. The van der Waals surface area contributed by atoms with E-state index < -0.39 is 0 Å². The molecule has 1 aliphatic carbocycles. The molecule has 2 rings (SSSR count). The third-order valence-corrected chi connectivity index (χ3v) is 3.17. The standard InChI is InChI=1S/C13H22N4/c1-9(2)6-7-17(11-4-5-11)12-10(3)8-15-13(14)16-12/h8-9,11H,4-7H2,1-3H3,(H2,14,15,16). The van der Waals surface area contributed by atoms with Gasteiger partial charge in [-0.25, -0.2) is 4.98 Å². The van der Waals surface area contributed by atoms with Gasteiger partial charge in [0.25, 0.3) is 0 Å². The fraction of sp³-hybridized carbons (Fsp3) is 0.692. The van der Waals surface area contributed by atoms with Crippen LogP contribution in [0.25, 0.3) is 0 Å². The Labute approximate surface area is 103 Å². The maximum Gasteiger partial charge on any atom is 0.221 e. The molecule has 0 spiro atoms. The van der Waals surface area contributed by atoms with E-state index in [1.807, 2.05) is 6.20 Å². The fourth-order valence-corrected chi connectivity index (χ4v) is 1.98. The van der Waals surface area contributed by atoms with Gasteiger partial charge in [0.2, 0.25) is 5.95 Å². The Morgan fingerprint density at radius 1 is 1.47 bits per heavy atom. The lowest BCUT2D eigenvalue weighted by Gasteiger charge is -2.25. The summed E-state index contributed by atoms with van der Waals surface area (Å²) in [4.78, 5) is 10.9. The average Bonchev–Trinajstić information content (AvgIpc) is 3.07. The fourth-order valence-electron chi connectivity index (χ4n) is 1.98. The van der Waals surface area contributed by atoms with Crippen LogP contribution < -0.4 is 10.6 Å². The number of rotatable bonds is 5. The quantitative estimate of drug-likeness (QED) is 0.850. The second-order valence-electron chi connectivity index (χ2n) is 5.34. The summed E-state index contributed by atoms with van der Waals surface area (Å²) < 4.78 is 0. The van der Waals surface area contributed by atoms with E-state index in [1.165, 1.54) is 19.3 Å². The summed E-state index contributed by atoms with van der Waals surface area (Å²) in [6, 6.07) is 0.668. The van der Waals surface area contributed by atoms with Crippen molar-refractivity contribution in [2.24, 2.45) is 5.92 Å². The zero-order chi connectivity index (χ0) is 12.4. The largest absolute Gasteiger partial charge is 0.368 e. The van der Waals surface area contributed by atoms with Gasteiger partial charge in [0.15, 0.2) is 0 Å². The molecular formula is C13H22N4. The van der Waals surface area contributed by atoms with E-state index in [0.29, 0.717) is 12.0 Å². The predicted octanol–water partition coefficient (Wildman–Crippen LogP) is 2.38. The first-order valence-electron chi connectivity index (χ1n) is 6.43. The second-order valence-corrected chi connectivity index (χ2v) is 5.34. The van der Waals surface area contributed by atoms with Crippen LogP contribution in [-0.2, 0) is 0 Å². The van der Waals surface area contributed by atoms with Crippen molar-refractivity contribution in [3.8, 4) is 0 Å². The van der Waals surface area contributed by atoms with Gasteiger partial charge in [0.1, 0.15) is 5.82 Å². The molecule has 1 aliphatic rings. The van der Waals surface area contributed by atoms with Crippen molar-refractivity contribution >= 4 is 11.8 Å². The smallest absolute Gasteiger partial charge is 0.221 e. The molecule has 94 valence electrons. The molecule has 2 N–H and O–H groups in total. The molecule has 0 aromatic carbocycles. The summed E-state index contributed by atoms with van der Waals surface area (Å²) in [6.45, 7) is 7.64. The third-order valence-electron chi connectivity index (χ3n) is 3.17. The maximum absolute atomic E-state index is 5.69. The number of anilines is 2. The zero-order valence-electron chi connectivity index (χ0n) is 11.0. The van der Waals surface area contributed by atoms with Crippen molar-refractivity contribution in [3.63, 3.8) is 0 Å². The molecule has 1 saturated carbocycles. The van der Waals surface area contributed by atoms with E-state index in [-0.39, 0.29) is 0 Å². The van der Waals surface area contributed by atoms with Gasteiger partial charge >= 0.3 is 0 Å². The van der Waals surface area contributed by atoms with Crippen molar-refractivity contribution in [1.82, 2.24) is 9.97 Å². The Balaban J connectivity index is 2.16. The maximum atomic E-state index is 5.69.